The fraction of sp³-hybridized carbons (Fsp3) is 0.520. The summed E-state index contributed by atoms with van der Waals surface area (Å²) in [6, 6.07) is 17.2. The van der Waals surface area contributed by atoms with Gasteiger partial charge in [-0.15, -0.1) is 0 Å². The van der Waals surface area contributed by atoms with Gasteiger partial charge in [0.15, 0.2) is 0 Å². The predicted molar refractivity (Wildman–Crippen MR) is 127 cm³/mol. The van der Waals surface area contributed by atoms with E-state index in [9.17, 15) is 13.0 Å². The van der Waals surface area contributed by atoms with Crippen LogP contribution in [0.15, 0.2) is 54.6 Å². The smallest absolute Gasteiger partial charge is 0.745 e. The molecule has 0 saturated heterocycles. The van der Waals surface area contributed by atoms with Crippen molar-refractivity contribution in [3.8, 4) is 0 Å². The number of unbranched alkanes of at least 4 members (excludes halogenated alkanes) is 8. The van der Waals surface area contributed by atoms with E-state index in [1.807, 2.05) is 54.6 Å². The third-order valence-electron chi connectivity index (χ3n) is 6.18. The standard InChI is InChI=1S/C25H36N2O3S.Na/c1-2-3-4-5-6-7-8-9-15-20-25(31(28,29)30)26-23-18-13-14-19-24(23)27(25)21-22-16-11-10-12-17-22;/h10-14,16-19,26H,2-9,15,20-21H2,1H3,(H,28,29,30);/q;+1/p-1. The van der Waals surface area contributed by atoms with Crippen molar-refractivity contribution in [1.82, 2.24) is 0 Å². The number of fused-ring (bicyclic) bond motifs is 1. The Morgan fingerprint density at radius 3 is 2.03 bits per heavy atom. The summed E-state index contributed by atoms with van der Waals surface area (Å²) >= 11 is 0. The van der Waals surface area contributed by atoms with Crippen LogP contribution in [0, 0.1) is 0 Å². The Balaban J connectivity index is 0.00000363. The van der Waals surface area contributed by atoms with Gasteiger partial charge in [0.1, 0.15) is 10.1 Å². The van der Waals surface area contributed by atoms with Gasteiger partial charge in [0.25, 0.3) is 0 Å². The predicted octanol–water partition coefficient (Wildman–Crippen LogP) is 3.24. The second kappa shape index (κ2) is 13.0. The van der Waals surface area contributed by atoms with Crippen LogP contribution in [0.5, 0.6) is 0 Å². The minimum Gasteiger partial charge on any atom is -0.745 e. The zero-order chi connectivity index (χ0) is 22.2. The Kier molecular flexibility index (Phi) is 11.0. The maximum Gasteiger partial charge on any atom is 1.00 e. The van der Waals surface area contributed by atoms with Crippen molar-refractivity contribution in [2.24, 2.45) is 0 Å². The van der Waals surface area contributed by atoms with Gasteiger partial charge in [-0.25, -0.2) is 8.42 Å². The fourth-order valence-electron chi connectivity index (χ4n) is 4.46. The molecule has 7 heteroatoms. The Morgan fingerprint density at radius 2 is 1.41 bits per heavy atom. The van der Waals surface area contributed by atoms with Gasteiger partial charge in [-0.1, -0.05) is 101 Å². The Morgan fingerprint density at radius 1 is 0.844 bits per heavy atom. The molecule has 1 unspecified atom stereocenters. The molecule has 2 aromatic carbocycles. The van der Waals surface area contributed by atoms with Gasteiger partial charge < -0.3 is 14.8 Å². The van der Waals surface area contributed by atoms with Crippen LogP contribution in [0.3, 0.4) is 0 Å². The van der Waals surface area contributed by atoms with E-state index in [0.717, 1.165) is 24.1 Å². The van der Waals surface area contributed by atoms with Gasteiger partial charge in [-0.2, -0.15) is 0 Å². The second-order valence-electron chi connectivity index (χ2n) is 8.53. The van der Waals surface area contributed by atoms with E-state index >= 15 is 0 Å². The van der Waals surface area contributed by atoms with Crippen LogP contribution in [-0.4, -0.2) is 18.0 Å². The summed E-state index contributed by atoms with van der Waals surface area (Å²) in [7, 11) is -4.64. The third-order valence-corrected chi connectivity index (χ3v) is 7.53. The van der Waals surface area contributed by atoms with Crippen molar-refractivity contribution in [3.63, 3.8) is 0 Å². The molecule has 0 amide bonds. The minimum atomic E-state index is -4.64. The Hall–Kier alpha value is -1.05. The molecule has 0 aliphatic carbocycles. The molecule has 0 saturated carbocycles. The number of benzene rings is 2. The molecular weight excluding hydrogens is 431 g/mol. The van der Waals surface area contributed by atoms with Crippen molar-refractivity contribution in [1.29, 1.82) is 0 Å². The maximum atomic E-state index is 12.6. The van der Waals surface area contributed by atoms with Gasteiger partial charge >= 0.3 is 29.6 Å². The van der Waals surface area contributed by atoms with Crippen molar-refractivity contribution in [2.75, 3.05) is 10.2 Å². The van der Waals surface area contributed by atoms with Crippen LogP contribution in [0.2, 0.25) is 0 Å². The molecule has 5 nitrogen and oxygen atoms in total. The molecule has 3 rings (SSSR count). The van der Waals surface area contributed by atoms with E-state index in [1.54, 1.807) is 4.90 Å². The van der Waals surface area contributed by atoms with Gasteiger partial charge in [0.2, 0.25) is 4.99 Å². The minimum absolute atomic E-state index is 0. The van der Waals surface area contributed by atoms with E-state index in [0.29, 0.717) is 18.7 Å². The summed E-state index contributed by atoms with van der Waals surface area (Å²) < 4.78 is 37.9. The van der Waals surface area contributed by atoms with Crippen molar-refractivity contribution >= 4 is 21.5 Å². The molecule has 0 radical (unpaired) electrons. The summed E-state index contributed by atoms with van der Waals surface area (Å²) in [6.07, 6.45) is 10.5. The molecule has 32 heavy (non-hydrogen) atoms. The van der Waals surface area contributed by atoms with Crippen LogP contribution in [0.1, 0.15) is 76.7 Å². The first-order chi connectivity index (χ1) is 15.0. The van der Waals surface area contributed by atoms with E-state index in [-0.39, 0.29) is 36.0 Å². The number of nitrogens with zero attached hydrogens (tertiary/aromatic N) is 1. The summed E-state index contributed by atoms with van der Waals surface area (Å²) in [5.41, 5.74) is 2.44. The summed E-state index contributed by atoms with van der Waals surface area (Å²) in [4.78, 5) is 0.110. The van der Waals surface area contributed by atoms with Gasteiger partial charge in [-0.05, 0) is 24.1 Å². The molecule has 1 aliphatic rings. The normalized spacial score (nSPS) is 17.5. The number of para-hydroxylation sites is 2. The molecular formula is C25H35N2NaO3S. The van der Waals surface area contributed by atoms with Crippen LogP contribution in [-0.2, 0) is 16.7 Å². The maximum absolute atomic E-state index is 12.6. The van der Waals surface area contributed by atoms with E-state index < -0.39 is 15.1 Å². The molecule has 0 fully saturated rings. The number of anilines is 2. The van der Waals surface area contributed by atoms with Crippen LogP contribution >= 0.6 is 0 Å². The number of nitrogens with one attached hydrogen (secondary N) is 1. The van der Waals surface area contributed by atoms with E-state index in [2.05, 4.69) is 12.2 Å². The summed E-state index contributed by atoms with van der Waals surface area (Å²) in [5, 5.41) is 3.11. The third kappa shape index (κ3) is 6.73. The van der Waals surface area contributed by atoms with Crippen LogP contribution < -0.4 is 39.8 Å². The van der Waals surface area contributed by atoms with Gasteiger partial charge in [0, 0.05) is 13.0 Å². The second-order valence-corrected chi connectivity index (χ2v) is 10.1. The first-order valence-corrected chi connectivity index (χ1v) is 13.0. The number of hydrogen-bond acceptors (Lipinski definition) is 5. The average Bonchev–Trinajstić information content (AvgIpc) is 3.08. The molecule has 1 N–H and O–H groups in total. The van der Waals surface area contributed by atoms with Crippen LogP contribution in [0.4, 0.5) is 11.4 Å². The molecule has 1 heterocycles. The SMILES string of the molecule is CCCCCCCCCCCC1(S(=O)(=O)[O-])Nc2ccccc2N1Cc1ccccc1.[Na+]. The zero-order valence-corrected chi connectivity index (χ0v) is 22.4. The summed E-state index contributed by atoms with van der Waals surface area (Å²) in [6.45, 7) is 2.58. The van der Waals surface area contributed by atoms with Gasteiger partial charge in [0.05, 0.1) is 11.4 Å². The molecule has 1 atom stereocenters. The molecule has 2 aromatic rings. The Bertz CT molecular complexity index is 924. The monoisotopic (exact) mass is 466 g/mol. The van der Waals surface area contributed by atoms with Crippen LogP contribution in [0.25, 0.3) is 0 Å². The number of hydrogen-bond donors (Lipinski definition) is 1. The van der Waals surface area contributed by atoms with Gasteiger partial charge in [-0.3, -0.25) is 0 Å². The molecule has 0 bridgehead atoms. The van der Waals surface area contributed by atoms with Crippen molar-refractivity contribution < 1.29 is 42.5 Å². The van der Waals surface area contributed by atoms with E-state index in [1.165, 1.54) is 38.5 Å². The molecule has 1 aliphatic heterocycles. The van der Waals surface area contributed by atoms with Crippen molar-refractivity contribution in [3.05, 3.63) is 60.2 Å². The first kappa shape index (κ1) is 27.2. The molecule has 0 aromatic heterocycles. The zero-order valence-electron chi connectivity index (χ0n) is 19.6. The van der Waals surface area contributed by atoms with Crippen molar-refractivity contribution in [2.45, 2.75) is 82.7 Å². The largest absolute Gasteiger partial charge is 1.00 e. The quantitative estimate of drug-likeness (QED) is 0.279. The Labute approximate surface area is 216 Å². The topological polar surface area (TPSA) is 72.5 Å². The number of rotatable bonds is 13. The first-order valence-electron chi connectivity index (χ1n) is 11.6. The molecule has 170 valence electrons. The molecule has 0 spiro atoms. The average molecular weight is 467 g/mol. The fourth-order valence-corrected chi connectivity index (χ4v) is 5.52. The summed E-state index contributed by atoms with van der Waals surface area (Å²) in [5.74, 6) is 0. The van der Waals surface area contributed by atoms with E-state index in [4.69, 9.17) is 0 Å².